The molecule has 2 aliphatic carbocycles. The van der Waals surface area contributed by atoms with Gasteiger partial charge in [0.05, 0.1) is 25.5 Å². The molecule has 0 saturated heterocycles. The first-order valence-corrected chi connectivity index (χ1v) is 11.8. The predicted octanol–water partition coefficient (Wildman–Crippen LogP) is 2.31. The van der Waals surface area contributed by atoms with E-state index < -0.39 is 22.1 Å². The normalized spacial score (nSPS) is 23.7. The summed E-state index contributed by atoms with van der Waals surface area (Å²) in [6, 6.07) is 1.29. The highest BCUT2D eigenvalue weighted by molar-refractivity contribution is 7.91. The number of anilines is 1. The van der Waals surface area contributed by atoms with E-state index in [2.05, 4.69) is 20.8 Å². The summed E-state index contributed by atoms with van der Waals surface area (Å²) in [6.07, 6.45) is 4.93. The molecule has 10 heteroatoms. The van der Waals surface area contributed by atoms with Gasteiger partial charge < -0.3 is 15.2 Å². The average molecular weight is 432 g/mol. The third kappa shape index (κ3) is 3.19. The van der Waals surface area contributed by atoms with Crippen LogP contribution in [0.15, 0.2) is 21.5 Å². The van der Waals surface area contributed by atoms with Crippen molar-refractivity contribution in [3.8, 4) is 5.88 Å². The Labute approximate surface area is 174 Å². The highest BCUT2D eigenvalue weighted by Crippen LogP contribution is 2.42. The molecule has 30 heavy (non-hydrogen) atoms. The number of carbonyl (C=O) groups excluding carboxylic acids is 1. The van der Waals surface area contributed by atoms with Crippen molar-refractivity contribution >= 4 is 21.6 Å². The maximum atomic E-state index is 13.1. The Balaban J connectivity index is 1.48. The van der Waals surface area contributed by atoms with Crippen molar-refractivity contribution in [3.63, 3.8) is 0 Å². The lowest BCUT2D eigenvalue weighted by Gasteiger charge is -2.21. The first-order chi connectivity index (χ1) is 14.3. The van der Waals surface area contributed by atoms with Gasteiger partial charge in [0.2, 0.25) is 5.88 Å². The lowest BCUT2D eigenvalue weighted by Crippen LogP contribution is -2.25. The van der Waals surface area contributed by atoms with Crippen LogP contribution in [0.4, 0.5) is 10.5 Å². The molecular weight excluding hydrogens is 406 g/mol. The summed E-state index contributed by atoms with van der Waals surface area (Å²) in [7, 11) is -3.53. The average Bonchev–Trinajstić information content (AvgIpc) is 3.40. The number of nitrogens with two attached hydrogens (primary N) is 1. The zero-order chi connectivity index (χ0) is 21.0. The molecule has 2 heterocycles. The summed E-state index contributed by atoms with van der Waals surface area (Å²) in [5.74, 6) is 0.582. The van der Waals surface area contributed by atoms with Gasteiger partial charge in [-0.3, -0.25) is 0 Å². The molecule has 3 aliphatic rings. The number of amides is 2. The van der Waals surface area contributed by atoms with Gasteiger partial charge >= 0.3 is 6.03 Å². The lowest BCUT2D eigenvalue weighted by molar-refractivity contribution is 0.171. The molecule has 3 unspecified atom stereocenters. The maximum Gasteiger partial charge on any atom is 0.354 e. The zero-order valence-corrected chi connectivity index (χ0v) is 17.6. The second-order valence-electron chi connectivity index (χ2n) is 8.37. The van der Waals surface area contributed by atoms with E-state index in [0.29, 0.717) is 37.6 Å². The maximum absolute atomic E-state index is 13.1. The highest BCUT2D eigenvalue weighted by atomic mass is 32.2. The van der Waals surface area contributed by atoms with Crippen molar-refractivity contribution < 1.29 is 18.8 Å². The number of benzene rings is 1. The minimum atomic E-state index is -3.53. The molecule has 0 bridgehead atoms. The number of nitrogens with one attached hydrogen (secondary N) is 1. The first kappa shape index (κ1) is 19.5. The van der Waals surface area contributed by atoms with Gasteiger partial charge in [-0.05, 0) is 54.4 Å². The number of urea groups is 1. The van der Waals surface area contributed by atoms with E-state index in [1.165, 1.54) is 6.20 Å². The molecule has 0 saturated carbocycles. The Kier molecular flexibility index (Phi) is 4.60. The Bertz CT molecular complexity index is 1160. The van der Waals surface area contributed by atoms with Crippen LogP contribution in [0.1, 0.15) is 48.1 Å². The minimum Gasteiger partial charge on any atom is -0.477 e. The van der Waals surface area contributed by atoms with Crippen LogP contribution in [-0.2, 0) is 35.7 Å². The largest absolute Gasteiger partial charge is 0.477 e. The first-order valence-electron chi connectivity index (χ1n) is 10.2. The van der Waals surface area contributed by atoms with Crippen molar-refractivity contribution in [2.45, 2.75) is 56.6 Å². The number of hydrogen-bond acceptors (Lipinski definition) is 5. The van der Waals surface area contributed by atoms with Crippen molar-refractivity contribution in [3.05, 3.63) is 34.5 Å². The summed E-state index contributed by atoms with van der Waals surface area (Å²) in [5.41, 5.74) is 4.73. The molecule has 1 aromatic carbocycles. The van der Waals surface area contributed by atoms with Crippen LogP contribution >= 0.6 is 0 Å². The second kappa shape index (κ2) is 7.07. The van der Waals surface area contributed by atoms with Crippen LogP contribution in [0, 0.1) is 5.92 Å². The molecule has 2 amide bonds. The summed E-state index contributed by atoms with van der Waals surface area (Å²) in [4.78, 5) is 12.9. The van der Waals surface area contributed by atoms with Crippen LogP contribution in [0.3, 0.4) is 0 Å². The molecular formula is C20H25N5O4S. The molecule has 4 N–H and O–H groups in total. The van der Waals surface area contributed by atoms with Crippen LogP contribution in [0.5, 0.6) is 5.88 Å². The van der Waals surface area contributed by atoms with Crippen molar-refractivity contribution in [2.75, 3.05) is 11.9 Å². The fraction of sp³-hybridized carbons (Fsp3) is 0.500. The number of ether oxygens (including phenoxy) is 1. The highest BCUT2D eigenvalue weighted by Gasteiger charge is 2.30. The third-order valence-corrected chi connectivity index (χ3v) is 7.43. The molecule has 160 valence electrons. The Morgan fingerprint density at radius 3 is 3.07 bits per heavy atom. The quantitative estimate of drug-likeness (QED) is 0.671. The van der Waals surface area contributed by atoms with Gasteiger partial charge in [-0.1, -0.05) is 13.0 Å². The van der Waals surface area contributed by atoms with E-state index >= 15 is 0 Å². The molecule has 9 nitrogen and oxygen atoms in total. The number of aromatic nitrogens is 2. The molecule has 2 aromatic rings. The predicted molar refractivity (Wildman–Crippen MR) is 111 cm³/mol. The Morgan fingerprint density at radius 2 is 2.23 bits per heavy atom. The molecule has 1 aliphatic heterocycles. The SMILES string of the molecule is CC1COc2c(S(N)(=O)=NC(=O)Nc3c4c(cc5c3CCC5O)CCC4)cnn2C1. The Morgan fingerprint density at radius 1 is 1.40 bits per heavy atom. The van der Waals surface area contributed by atoms with E-state index in [0.717, 1.165) is 41.5 Å². The smallest absolute Gasteiger partial charge is 0.354 e. The third-order valence-electron chi connectivity index (χ3n) is 6.08. The number of aliphatic hydroxyl groups excluding tert-OH is 1. The topological polar surface area (TPSA) is 132 Å². The van der Waals surface area contributed by atoms with E-state index in [1.54, 1.807) is 4.68 Å². The monoisotopic (exact) mass is 431 g/mol. The van der Waals surface area contributed by atoms with Crippen molar-refractivity contribution in [1.82, 2.24) is 9.78 Å². The second-order valence-corrected chi connectivity index (χ2v) is 10.1. The molecule has 3 atom stereocenters. The summed E-state index contributed by atoms with van der Waals surface area (Å²) < 4.78 is 24.1. The minimum absolute atomic E-state index is 0.128. The number of nitrogens with zero attached hydrogens (tertiary/aromatic N) is 3. The van der Waals surface area contributed by atoms with Gasteiger partial charge in [-0.25, -0.2) is 18.8 Å². The lowest BCUT2D eigenvalue weighted by atomic mass is 9.98. The van der Waals surface area contributed by atoms with Crippen molar-refractivity contribution in [1.29, 1.82) is 0 Å². The van der Waals surface area contributed by atoms with Gasteiger partial charge in [0.1, 0.15) is 4.90 Å². The van der Waals surface area contributed by atoms with E-state index in [4.69, 9.17) is 9.88 Å². The number of aryl methyl sites for hydroxylation is 1. The van der Waals surface area contributed by atoms with E-state index in [1.807, 2.05) is 6.92 Å². The van der Waals surface area contributed by atoms with E-state index in [-0.39, 0.29) is 10.8 Å². The van der Waals surface area contributed by atoms with Gasteiger partial charge in [-0.2, -0.15) is 5.10 Å². The van der Waals surface area contributed by atoms with Crippen LogP contribution < -0.4 is 15.2 Å². The molecule has 0 radical (unpaired) electrons. The zero-order valence-electron chi connectivity index (χ0n) is 16.8. The number of rotatable bonds is 2. The fourth-order valence-corrected chi connectivity index (χ4v) is 5.67. The summed E-state index contributed by atoms with van der Waals surface area (Å²) in [5, 5.41) is 23.3. The number of aliphatic hydroxyl groups is 1. The number of hydrogen-bond donors (Lipinski definition) is 3. The van der Waals surface area contributed by atoms with Crippen LogP contribution in [0.25, 0.3) is 0 Å². The standard InChI is InChI=1S/C20H25N5O4S/c1-11-9-25-19(29-10-11)17(8-22-25)30(21,28)24-20(27)23-18-13-4-2-3-12(13)7-15-14(18)5-6-16(15)26/h7-8,11,16,26H,2-6,9-10H2,1H3,(H3,21,23,24,27,28). The van der Waals surface area contributed by atoms with Crippen LogP contribution in [-0.4, -0.2) is 31.7 Å². The van der Waals surface area contributed by atoms with Gasteiger partial charge in [0.15, 0.2) is 9.92 Å². The molecule has 0 spiro atoms. The van der Waals surface area contributed by atoms with Gasteiger partial charge in [-0.15, -0.1) is 4.36 Å². The summed E-state index contributed by atoms with van der Waals surface area (Å²) in [6.45, 7) is 3.11. The number of fused-ring (bicyclic) bond motifs is 3. The van der Waals surface area contributed by atoms with Gasteiger partial charge in [0, 0.05) is 11.6 Å². The summed E-state index contributed by atoms with van der Waals surface area (Å²) >= 11 is 0. The number of carbonyl (C=O) groups is 1. The molecule has 5 rings (SSSR count). The molecule has 0 fully saturated rings. The molecule has 1 aromatic heterocycles. The van der Waals surface area contributed by atoms with Crippen LogP contribution in [0.2, 0.25) is 0 Å². The Hall–Kier alpha value is -2.43. The van der Waals surface area contributed by atoms with Crippen molar-refractivity contribution in [2.24, 2.45) is 15.4 Å². The van der Waals surface area contributed by atoms with Gasteiger partial charge in [0.25, 0.3) is 0 Å². The fourth-order valence-electron chi connectivity index (χ4n) is 4.67. The van der Waals surface area contributed by atoms with E-state index in [9.17, 15) is 14.1 Å².